The summed E-state index contributed by atoms with van der Waals surface area (Å²) in [6, 6.07) is 9.72. The number of imidazole rings is 1. The number of rotatable bonds is 9. The van der Waals surface area contributed by atoms with Crippen LogP contribution in [0.4, 0.5) is 17.2 Å². The third-order valence-corrected chi connectivity index (χ3v) is 8.67. The molecule has 3 aromatic rings. The predicted octanol–water partition coefficient (Wildman–Crippen LogP) is 4.66. The quantitative estimate of drug-likeness (QED) is 0.329. The first-order valence-corrected chi connectivity index (χ1v) is 16.5. The number of fused-ring (bicyclic) bond motifs is 1. The molecule has 2 aliphatic rings. The first-order chi connectivity index (χ1) is 16.9. The smallest absolute Gasteiger partial charge is 0.130 e. The average Bonchev–Trinajstić information content (AvgIpc) is 3.19. The number of anilines is 3. The minimum Gasteiger partial charge on any atom is -0.378 e. The van der Waals surface area contributed by atoms with Gasteiger partial charge in [-0.25, -0.2) is 9.97 Å². The Balaban J connectivity index is 1.22. The number of aromatic nitrogens is 3. The number of halogens is 1. The molecule has 0 unspecified atom stereocenters. The molecule has 0 aliphatic carbocycles. The van der Waals surface area contributed by atoms with Crippen LogP contribution in [0.25, 0.3) is 11.0 Å². The Morgan fingerprint density at radius 2 is 1.91 bits per heavy atom. The van der Waals surface area contributed by atoms with E-state index in [-0.39, 0.29) is 0 Å². The maximum absolute atomic E-state index is 6.46. The van der Waals surface area contributed by atoms with Gasteiger partial charge < -0.3 is 24.3 Å². The molecule has 0 amide bonds. The Hall–Kier alpha value is -2.17. The number of nitrogens with one attached hydrogen (secondary N) is 1. The van der Waals surface area contributed by atoms with Gasteiger partial charge in [-0.15, -0.1) is 0 Å². The van der Waals surface area contributed by atoms with Crippen LogP contribution in [0, 0.1) is 0 Å². The van der Waals surface area contributed by atoms with Gasteiger partial charge in [0.15, 0.2) is 0 Å². The standard InChI is InChI=1S/C25H35ClN6O2Si/c1-35(2,3)11-10-33-18-32-17-28-25-22(12-19(26)13-23(25)32)29-24-5-4-20(14-27-24)30-6-8-31(9-7-30)21-15-34-16-21/h4-5,12-14,17,21H,6-11,15-16,18H2,1-3H3,(H,27,29). The number of piperazine rings is 1. The molecule has 2 fully saturated rings. The van der Waals surface area contributed by atoms with E-state index in [1.807, 2.05) is 35.3 Å². The summed E-state index contributed by atoms with van der Waals surface area (Å²) < 4.78 is 13.3. The van der Waals surface area contributed by atoms with Gasteiger partial charge >= 0.3 is 0 Å². The van der Waals surface area contributed by atoms with Crippen molar-refractivity contribution in [3.8, 4) is 0 Å². The molecule has 10 heteroatoms. The molecule has 35 heavy (non-hydrogen) atoms. The van der Waals surface area contributed by atoms with Crippen LogP contribution in [0.3, 0.4) is 0 Å². The molecular weight excluding hydrogens is 480 g/mol. The molecular formula is C25H35ClN6O2Si. The molecule has 0 radical (unpaired) electrons. The predicted molar refractivity (Wildman–Crippen MR) is 145 cm³/mol. The topological polar surface area (TPSA) is 67.7 Å². The van der Waals surface area contributed by atoms with Gasteiger partial charge in [0.1, 0.15) is 18.1 Å². The Kier molecular flexibility index (Phi) is 7.31. The van der Waals surface area contributed by atoms with Crippen LogP contribution in [0.1, 0.15) is 0 Å². The Labute approximate surface area is 213 Å². The molecule has 2 aromatic heterocycles. The molecule has 188 valence electrons. The molecule has 2 aliphatic heterocycles. The van der Waals surface area contributed by atoms with Crippen molar-refractivity contribution in [1.82, 2.24) is 19.4 Å². The van der Waals surface area contributed by atoms with Crippen molar-refractivity contribution in [3.63, 3.8) is 0 Å². The van der Waals surface area contributed by atoms with Gasteiger partial charge in [-0.05, 0) is 30.3 Å². The number of pyridine rings is 1. The van der Waals surface area contributed by atoms with Crippen LogP contribution in [0.15, 0.2) is 36.8 Å². The monoisotopic (exact) mass is 514 g/mol. The number of hydrogen-bond acceptors (Lipinski definition) is 7. The maximum atomic E-state index is 6.46. The highest BCUT2D eigenvalue weighted by molar-refractivity contribution is 6.76. The molecule has 1 aromatic carbocycles. The lowest BCUT2D eigenvalue weighted by atomic mass is 10.2. The van der Waals surface area contributed by atoms with E-state index in [9.17, 15) is 0 Å². The van der Waals surface area contributed by atoms with Crippen molar-refractivity contribution in [2.45, 2.75) is 38.5 Å². The summed E-state index contributed by atoms with van der Waals surface area (Å²) >= 11 is 6.46. The summed E-state index contributed by atoms with van der Waals surface area (Å²) in [6.07, 6.45) is 3.75. The fourth-order valence-corrected chi connectivity index (χ4v) is 5.40. The van der Waals surface area contributed by atoms with E-state index in [1.54, 1.807) is 0 Å². The van der Waals surface area contributed by atoms with Crippen LogP contribution in [-0.4, -0.2) is 79.6 Å². The van der Waals surface area contributed by atoms with Gasteiger partial charge in [0.05, 0.1) is 48.7 Å². The molecule has 1 N–H and O–H groups in total. The number of nitrogens with zero attached hydrogens (tertiary/aromatic N) is 5. The average molecular weight is 515 g/mol. The molecule has 5 rings (SSSR count). The van der Waals surface area contributed by atoms with Crippen LogP contribution >= 0.6 is 11.6 Å². The largest absolute Gasteiger partial charge is 0.378 e. The van der Waals surface area contributed by atoms with E-state index in [2.05, 4.69) is 50.8 Å². The fourth-order valence-electron chi connectivity index (χ4n) is 4.43. The molecule has 0 saturated carbocycles. The van der Waals surface area contributed by atoms with Crippen molar-refractivity contribution < 1.29 is 9.47 Å². The minimum atomic E-state index is -1.11. The van der Waals surface area contributed by atoms with E-state index in [4.69, 9.17) is 21.1 Å². The lowest BCUT2D eigenvalue weighted by Crippen LogP contribution is -2.56. The summed E-state index contributed by atoms with van der Waals surface area (Å²) in [7, 11) is -1.11. The van der Waals surface area contributed by atoms with E-state index < -0.39 is 8.07 Å². The first kappa shape index (κ1) is 24.5. The van der Waals surface area contributed by atoms with E-state index in [0.717, 1.165) is 80.3 Å². The van der Waals surface area contributed by atoms with Crippen molar-refractivity contribution >= 4 is 47.9 Å². The second-order valence-corrected chi connectivity index (χ2v) is 16.7. The zero-order valence-corrected chi connectivity index (χ0v) is 22.6. The van der Waals surface area contributed by atoms with Gasteiger partial charge in [0.25, 0.3) is 0 Å². The Morgan fingerprint density at radius 3 is 2.57 bits per heavy atom. The van der Waals surface area contributed by atoms with E-state index in [0.29, 0.717) is 17.8 Å². The second kappa shape index (κ2) is 10.4. The Bertz CT molecular complexity index is 1140. The first-order valence-electron chi connectivity index (χ1n) is 12.4. The van der Waals surface area contributed by atoms with Crippen LogP contribution in [0.5, 0.6) is 0 Å². The summed E-state index contributed by atoms with van der Waals surface area (Å²) in [4.78, 5) is 14.2. The SMILES string of the molecule is C[Si](C)(C)CCOCn1cnc2c(Nc3ccc(N4CCN(C5COC5)CC4)cn3)cc(Cl)cc21. The maximum Gasteiger partial charge on any atom is 0.130 e. The number of hydrogen-bond donors (Lipinski definition) is 1. The van der Waals surface area contributed by atoms with Crippen molar-refractivity contribution in [1.29, 1.82) is 0 Å². The summed E-state index contributed by atoms with van der Waals surface area (Å²) in [5, 5.41) is 4.06. The van der Waals surface area contributed by atoms with E-state index in [1.165, 1.54) is 0 Å². The lowest BCUT2D eigenvalue weighted by Gasteiger charge is -2.43. The highest BCUT2D eigenvalue weighted by Gasteiger charge is 2.29. The zero-order chi connectivity index (χ0) is 24.4. The molecule has 0 spiro atoms. The van der Waals surface area contributed by atoms with Crippen LogP contribution in [0.2, 0.25) is 30.7 Å². The zero-order valence-electron chi connectivity index (χ0n) is 20.8. The summed E-state index contributed by atoms with van der Waals surface area (Å²) in [5.41, 5.74) is 3.78. The lowest BCUT2D eigenvalue weighted by molar-refractivity contribution is -0.0660. The summed E-state index contributed by atoms with van der Waals surface area (Å²) in [5.74, 6) is 0.767. The van der Waals surface area contributed by atoms with Gasteiger partial charge in [-0.1, -0.05) is 31.2 Å². The van der Waals surface area contributed by atoms with E-state index >= 15 is 0 Å². The summed E-state index contributed by atoms with van der Waals surface area (Å²) in [6.45, 7) is 14.2. The van der Waals surface area contributed by atoms with Crippen molar-refractivity contribution in [2.75, 3.05) is 56.2 Å². The van der Waals surface area contributed by atoms with Crippen LogP contribution < -0.4 is 10.2 Å². The second-order valence-electron chi connectivity index (χ2n) is 10.6. The molecule has 8 nitrogen and oxygen atoms in total. The minimum absolute atomic E-state index is 0.467. The molecule has 4 heterocycles. The number of ether oxygens (including phenoxy) is 2. The van der Waals surface area contributed by atoms with Gasteiger partial charge in [-0.2, -0.15) is 0 Å². The molecule has 0 atom stereocenters. The highest BCUT2D eigenvalue weighted by Crippen LogP contribution is 2.30. The molecule has 0 bridgehead atoms. The third-order valence-electron chi connectivity index (χ3n) is 6.74. The van der Waals surface area contributed by atoms with Crippen LogP contribution in [-0.2, 0) is 16.2 Å². The highest BCUT2D eigenvalue weighted by atomic mass is 35.5. The Morgan fingerprint density at radius 1 is 1.11 bits per heavy atom. The third kappa shape index (κ3) is 5.98. The number of benzene rings is 1. The van der Waals surface area contributed by atoms with Gasteiger partial charge in [-0.3, -0.25) is 4.90 Å². The normalized spacial score (nSPS) is 17.7. The fraction of sp³-hybridized carbons (Fsp3) is 0.520. The van der Waals surface area contributed by atoms with Gasteiger partial charge in [0, 0.05) is 45.9 Å². The molecule has 2 saturated heterocycles. The van der Waals surface area contributed by atoms with Crippen molar-refractivity contribution in [2.24, 2.45) is 0 Å². The van der Waals surface area contributed by atoms with Gasteiger partial charge in [0.2, 0.25) is 0 Å². The van der Waals surface area contributed by atoms with Crippen molar-refractivity contribution in [3.05, 3.63) is 41.8 Å².